The van der Waals surface area contributed by atoms with Gasteiger partial charge in [0.05, 0.1) is 23.3 Å². The van der Waals surface area contributed by atoms with E-state index in [1.165, 1.54) is 0 Å². The molecule has 0 amide bonds. The predicted molar refractivity (Wildman–Crippen MR) is 162 cm³/mol. The third-order valence-electron chi connectivity index (χ3n) is 7.90. The maximum absolute atomic E-state index is 12.9. The summed E-state index contributed by atoms with van der Waals surface area (Å²) >= 11 is 0. The number of anilines is 2. The topological polar surface area (TPSA) is 113 Å². The van der Waals surface area contributed by atoms with Gasteiger partial charge in [-0.2, -0.15) is 10.2 Å². The number of ketones is 1. The number of aliphatic hydroxyl groups is 1. The van der Waals surface area contributed by atoms with Gasteiger partial charge in [-0.25, -0.2) is 4.98 Å². The average molecular weight is 558 g/mol. The van der Waals surface area contributed by atoms with Crippen molar-refractivity contribution in [2.75, 3.05) is 5.32 Å². The van der Waals surface area contributed by atoms with E-state index in [2.05, 4.69) is 28.5 Å². The summed E-state index contributed by atoms with van der Waals surface area (Å²) in [6.07, 6.45) is 3.55. The van der Waals surface area contributed by atoms with Gasteiger partial charge in [0.1, 0.15) is 11.3 Å². The van der Waals surface area contributed by atoms with Gasteiger partial charge in [-0.15, -0.1) is 0 Å². The van der Waals surface area contributed by atoms with Crippen LogP contribution in [0.4, 0.5) is 11.6 Å². The number of carbonyl (C=O) groups excluding carboxylic acids is 1. The van der Waals surface area contributed by atoms with Crippen molar-refractivity contribution < 1.29 is 14.6 Å². The van der Waals surface area contributed by atoms with Gasteiger partial charge in [-0.05, 0) is 97.8 Å². The number of aryl methyl sites for hydroxylation is 3. The van der Waals surface area contributed by atoms with E-state index in [1.807, 2.05) is 74.1 Å². The molecule has 5 aromatic rings. The number of hydrogen-bond acceptors (Lipinski definition) is 7. The summed E-state index contributed by atoms with van der Waals surface area (Å²) in [7, 11) is 1.93. The molecule has 6 rings (SSSR count). The van der Waals surface area contributed by atoms with Crippen LogP contribution in [0.1, 0.15) is 46.3 Å². The number of carbonyl (C=O) groups is 1. The lowest BCUT2D eigenvalue weighted by atomic mass is 9.93. The highest BCUT2D eigenvalue weighted by Gasteiger charge is 2.29. The fourth-order valence-electron chi connectivity index (χ4n) is 5.67. The number of nitrogens with zero attached hydrogens (tertiary/aromatic N) is 4. The van der Waals surface area contributed by atoms with Crippen LogP contribution in [0, 0.1) is 31.1 Å². The largest absolute Gasteiger partial charge is 0.436 e. The summed E-state index contributed by atoms with van der Waals surface area (Å²) in [5.41, 5.74) is 7.49. The van der Waals surface area contributed by atoms with E-state index in [4.69, 9.17) is 15.0 Å². The molecule has 0 bridgehead atoms. The lowest BCUT2D eigenvalue weighted by molar-refractivity contribution is 0.0906. The van der Waals surface area contributed by atoms with Crippen LogP contribution in [0.5, 0.6) is 11.6 Å². The summed E-state index contributed by atoms with van der Waals surface area (Å²) in [6, 6.07) is 23.0. The first-order valence-corrected chi connectivity index (χ1v) is 14.0. The van der Waals surface area contributed by atoms with Crippen molar-refractivity contribution >= 4 is 28.5 Å². The number of ether oxygens (including phenoxy) is 1. The molecule has 1 aliphatic carbocycles. The quantitative estimate of drug-likeness (QED) is 0.207. The molecule has 3 aromatic carbocycles. The zero-order chi connectivity index (χ0) is 29.4. The molecular weight excluding hydrogens is 526 g/mol. The third-order valence-corrected chi connectivity index (χ3v) is 7.90. The zero-order valence-electron chi connectivity index (χ0n) is 23.8. The maximum Gasteiger partial charge on any atom is 0.249 e. The van der Waals surface area contributed by atoms with Crippen LogP contribution < -0.4 is 10.1 Å². The Bertz CT molecular complexity index is 1810. The Kier molecular flexibility index (Phi) is 7.19. The van der Waals surface area contributed by atoms with E-state index in [-0.39, 0.29) is 17.8 Å². The average Bonchev–Trinajstić information content (AvgIpc) is 3.60. The van der Waals surface area contributed by atoms with Gasteiger partial charge in [0, 0.05) is 30.4 Å². The van der Waals surface area contributed by atoms with Gasteiger partial charge < -0.3 is 19.7 Å². The van der Waals surface area contributed by atoms with Crippen LogP contribution in [0.25, 0.3) is 22.2 Å². The number of aliphatic hydroxyl groups excluding tert-OH is 1. The monoisotopic (exact) mass is 557 g/mol. The lowest BCUT2D eigenvalue weighted by Gasteiger charge is -2.16. The number of aromatic nitrogens is 3. The number of nitriles is 1. The summed E-state index contributed by atoms with van der Waals surface area (Å²) < 4.78 is 8.43. The Labute approximate surface area is 244 Å². The van der Waals surface area contributed by atoms with Crippen LogP contribution in [-0.4, -0.2) is 31.5 Å². The molecule has 0 saturated heterocycles. The molecule has 210 valence electrons. The van der Waals surface area contributed by atoms with Crippen LogP contribution in [0.15, 0.2) is 72.9 Å². The Hall–Kier alpha value is -5.00. The molecule has 0 aliphatic heterocycles. The van der Waals surface area contributed by atoms with Crippen molar-refractivity contribution in [2.45, 2.75) is 39.2 Å². The Morgan fingerprint density at radius 1 is 1.00 bits per heavy atom. The van der Waals surface area contributed by atoms with E-state index in [0.717, 1.165) is 51.1 Å². The first-order valence-electron chi connectivity index (χ1n) is 14.0. The minimum absolute atomic E-state index is 0.0934. The second-order valence-electron chi connectivity index (χ2n) is 11.0. The van der Waals surface area contributed by atoms with Crippen molar-refractivity contribution in [3.63, 3.8) is 0 Å². The van der Waals surface area contributed by atoms with Crippen LogP contribution >= 0.6 is 0 Å². The van der Waals surface area contributed by atoms with E-state index in [0.29, 0.717) is 35.8 Å². The highest BCUT2D eigenvalue weighted by Crippen LogP contribution is 2.36. The minimum atomic E-state index is -0.365. The van der Waals surface area contributed by atoms with Crippen molar-refractivity contribution in [1.29, 1.82) is 5.26 Å². The second kappa shape index (κ2) is 11.1. The second-order valence-corrected chi connectivity index (χ2v) is 11.0. The Morgan fingerprint density at radius 3 is 2.36 bits per heavy atom. The molecule has 8 nitrogen and oxygen atoms in total. The number of benzene rings is 3. The molecule has 0 radical (unpaired) electrons. The molecule has 2 aromatic heterocycles. The van der Waals surface area contributed by atoms with Crippen LogP contribution in [0.3, 0.4) is 0 Å². The molecule has 1 fully saturated rings. The summed E-state index contributed by atoms with van der Waals surface area (Å²) in [5.74, 6) is 1.56. The predicted octanol–water partition coefficient (Wildman–Crippen LogP) is 7.00. The zero-order valence-corrected chi connectivity index (χ0v) is 23.8. The summed E-state index contributed by atoms with van der Waals surface area (Å²) in [6.45, 7) is 4.02. The fourth-order valence-corrected chi connectivity index (χ4v) is 5.67. The molecule has 2 unspecified atom stereocenters. The van der Waals surface area contributed by atoms with Crippen LogP contribution in [0.2, 0.25) is 0 Å². The van der Waals surface area contributed by atoms with E-state index in [9.17, 15) is 9.90 Å². The minimum Gasteiger partial charge on any atom is -0.436 e. The Balaban J connectivity index is 1.27. The fraction of sp³-hybridized carbons (Fsp3) is 0.235. The molecule has 0 spiro atoms. The summed E-state index contributed by atoms with van der Waals surface area (Å²) in [5, 5.41) is 22.1. The van der Waals surface area contributed by atoms with Gasteiger partial charge in [0.2, 0.25) is 11.8 Å². The highest BCUT2D eigenvalue weighted by molar-refractivity contribution is 5.98. The number of fused-ring (bicyclic) bond motifs is 1. The third kappa shape index (κ3) is 5.35. The normalized spacial score (nSPS) is 16.4. The maximum atomic E-state index is 12.9. The summed E-state index contributed by atoms with van der Waals surface area (Å²) in [4.78, 5) is 22.2. The molecule has 42 heavy (non-hydrogen) atoms. The molecule has 8 heteroatoms. The number of hydrogen-bond donors (Lipinski definition) is 2. The van der Waals surface area contributed by atoms with Gasteiger partial charge in [-0.1, -0.05) is 24.3 Å². The number of nitrogens with one attached hydrogen (secondary N) is 1. The number of Topliss-reactive ketones (excluding diaryl/α,β-unsaturated/α-hetero) is 1. The van der Waals surface area contributed by atoms with Crippen molar-refractivity contribution in [2.24, 2.45) is 13.0 Å². The molecule has 2 heterocycles. The highest BCUT2D eigenvalue weighted by atomic mass is 16.5. The Morgan fingerprint density at radius 2 is 1.71 bits per heavy atom. The van der Waals surface area contributed by atoms with Gasteiger partial charge in [0.15, 0.2) is 5.78 Å². The van der Waals surface area contributed by atoms with Gasteiger partial charge in [0.25, 0.3) is 0 Å². The SMILES string of the molecule is Cc1cc(-c2ccc(C(=O)C3CCC(O)C3)cc2)cc(C)c1Oc1nc(Nc2ccc(C#N)cc2)nc2ccn(C)c12. The van der Waals surface area contributed by atoms with Crippen LogP contribution in [-0.2, 0) is 7.05 Å². The van der Waals surface area contributed by atoms with E-state index in [1.54, 1.807) is 12.1 Å². The lowest BCUT2D eigenvalue weighted by Crippen LogP contribution is -2.12. The van der Waals surface area contributed by atoms with Gasteiger partial charge >= 0.3 is 0 Å². The van der Waals surface area contributed by atoms with E-state index >= 15 is 0 Å². The first kappa shape index (κ1) is 27.2. The standard InChI is InChI=1S/C34H31N5O3/c1-20-16-26(23-6-8-24(9-7-23)31(41)25-10-13-28(40)18-25)17-21(2)32(20)42-33-30-29(14-15-39(30)3)37-34(38-33)36-27-11-4-22(19-35)5-12-27/h4-9,11-12,14-17,25,28,40H,10,13,18H2,1-3H3,(H,36,37,38). The molecule has 1 saturated carbocycles. The van der Waals surface area contributed by atoms with Crippen molar-refractivity contribution in [3.05, 3.63) is 95.2 Å². The molecule has 1 aliphatic rings. The smallest absolute Gasteiger partial charge is 0.249 e. The van der Waals surface area contributed by atoms with Gasteiger partial charge in [-0.3, -0.25) is 4.79 Å². The number of rotatable bonds is 7. The molecule has 2 N–H and O–H groups in total. The molecular formula is C34H31N5O3. The van der Waals surface area contributed by atoms with E-state index < -0.39 is 0 Å². The van der Waals surface area contributed by atoms with Crippen molar-refractivity contribution in [3.8, 4) is 28.8 Å². The molecule has 2 atom stereocenters. The van der Waals surface area contributed by atoms with Crippen molar-refractivity contribution in [1.82, 2.24) is 14.5 Å². The first-order chi connectivity index (χ1) is 20.3.